The minimum Gasteiger partial charge on any atom is -0.365 e. The number of hydrogen-bond donors (Lipinski definition) is 1. The van der Waals surface area contributed by atoms with Crippen LogP contribution in [0.1, 0.15) is 12.5 Å². The average molecular weight is 466 g/mol. The van der Waals surface area contributed by atoms with Crippen LogP contribution < -0.4 is 15.8 Å². The predicted molar refractivity (Wildman–Crippen MR) is 128 cm³/mol. The number of anilines is 2. The highest BCUT2D eigenvalue weighted by atomic mass is 35.5. The van der Waals surface area contributed by atoms with Gasteiger partial charge in [-0.25, -0.2) is 0 Å². The molecule has 1 aliphatic heterocycles. The molecular formula is C24H24ClN5O3. The quantitative estimate of drug-likeness (QED) is 0.626. The summed E-state index contributed by atoms with van der Waals surface area (Å²) in [5.74, 6) is -0.102. The first-order valence-corrected chi connectivity index (χ1v) is 11.0. The summed E-state index contributed by atoms with van der Waals surface area (Å²) in [4.78, 5) is 40.4. The number of aromatic nitrogens is 2. The van der Waals surface area contributed by atoms with Gasteiger partial charge in [-0.3, -0.25) is 14.4 Å². The van der Waals surface area contributed by atoms with Crippen LogP contribution in [0.2, 0.25) is 5.02 Å². The van der Waals surface area contributed by atoms with Crippen LogP contribution in [0.4, 0.5) is 11.4 Å². The van der Waals surface area contributed by atoms with Gasteiger partial charge >= 0.3 is 0 Å². The zero-order valence-electron chi connectivity index (χ0n) is 18.2. The predicted octanol–water partition coefficient (Wildman–Crippen LogP) is 2.74. The van der Waals surface area contributed by atoms with Crippen molar-refractivity contribution >= 4 is 34.8 Å². The first-order valence-electron chi connectivity index (χ1n) is 10.6. The number of halogens is 1. The third kappa shape index (κ3) is 5.23. The Hall–Kier alpha value is -3.65. The van der Waals surface area contributed by atoms with Crippen molar-refractivity contribution < 1.29 is 9.59 Å². The second-order valence-corrected chi connectivity index (χ2v) is 8.20. The van der Waals surface area contributed by atoms with Crippen molar-refractivity contribution in [1.29, 1.82) is 0 Å². The van der Waals surface area contributed by atoms with E-state index in [2.05, 4.69) is 10.4 Å². The van der Waals surface area contributed by atoms with E-state index in [4.69, 9.17) is 11.6 Å². The largest absolute Gasteiger partial charge is 0.365 e. The molecule has 2 amide bonds. The second kappa shape index (κ2) is 9.87. The van der Waals surface area contributed by atoms with Crippen LogP contribution in [0.25, 0.3) is 5.69 Å². The number of amides is 2. The Morgan fingerprint density at radius 3 is 2.30 bits per heavy atom. The average Bonchev–Trinajstić information content (AvgIpc) is 2.82. The van der Waals surface area contributed by atoms with E-state index >= 15 is 0 Å². The minimum atomic E-state index is -0.374. The summed E-state index contributed by atoms with van der Waals surface area (Å²) in [6.07, 6.45) is 1.89. The summed E-state index contributed by atoms with van der Waals surface area (Å²) in [7, 11) is 0. The van der Waals surface area contributed by atoms with Gasteiger partial charge in [0.05, 0.1) is 24.0 Å². The van der Waals surface area contributed by atoms with E-state index in [0.717, 1.165) is 5.56 Å². The van der Waals surface area contributed by atoms with Gasteiger partial charge in [0.1, 0.15) is 5.02 Å². The number of piperazine rings is 1. The molecule has 0 bridgehead atoms. The molecule has 3 aromatic rings. The fourth-order valence-corrected chi connectivity index (χ4v) is 4.04. The maximum Gasteiger partial charge on any atom is 0.292 e. The Labute approximate surface area is 196 Å². The first-order chi connectivity index (χ1) is 15.9. The van der Waals surface area contributed by atoms with Gasteiger partial charge in [0.2, 0.25) is 11.8 Å². The van der Waals surface area contributed by atoms with E-state index in [9.17, 15) is 14.4 Å². The van der Waals surface area contributed by atoms with Crippen molar-refractivity contribution in [3.8, 4) is 5.69 Å². The van der Waals surface area contributed by atoms with E-state index in [0.29, 0.717) is 43.2 Å². The summed E-state index contributed by atoms with van der Waals surface area (Å²) in [6.45, 7) is 3.63. The molecular weight excluding hydrogens is 442 g/mol. The van der Waals surface area contributed by atoms with E-state index in [1.807, 2.05) is 40.1 Å². The molecule has 0 radical (unpaired) electrons. The van der Waals surface area contributed by atoms with Crippen LogP contribution in [0.15, 0.2) is 65.6 Å². The Balaban J connectivity index is 1.37. The lowest BCUT2D eigenvalue weighted by molar-refractivity contribution is -0.130. The molecule has 1 aromatic heterocycles. The highest BCUT2D eigenvalue weighted by molar-refractivity contribution is 6.33. The minimum absolute atomic E-state index is 0.0330. The van der Waals surface area contributed by atoms with E-state index < -0.39 is 0 Å². The van der Waals surface area contributed by atoms with Crippen LogP contribution in [0.5, 0.6) is 0 Å². The SMILES string of the molecule is CC(=O)Nc1ccc(CC(=O)N2CCN(c3cnn(-c4ccccc4)c(=O)c3Cl)CC2)cc1. The van der Waals surface area contributed by atoms with Gasteiger partial charge in [-0.05, 0) is 29.8 Å². The maximum atomic E-state index is 12.7. The number of carbonyl (C=O) groups excluding carboxylic acids is 2. The molecule has 2 aromatic carbocycles. The normalized spacial score (nSPS) is 13.6. The molecule has 1 fully saturated rings. The number of hydrogen-bond acceptors (Lipinski definition) is 5. The molecule has 4 rings (SSSR count). The zero-order valence-corrected chi connectivity index (χ0v) is 19.0. The molecule has 33 heavy (non-hydrogen) atoms. The molecule has 8 nitrogen and oxygen atoms in total. The van der Waals surface area contributed by atoms with Gasteiger partial charge in [0, 0.05) is 38.8 Å². The first kappa shape index (κ1) is 22.5. The molecule has 9 heteroatoms. The highest BCUT2D eigenvalue weighted by Crippen LogP contribution is 2.23. The topological polar surface area (TPSA) is 87.5 Å². The molecule has 1 aliphatic rings. The Morgan fingerprint density at radius 1 is 1.00 bits per heavy atom. The van der Waals surface area contributed by atoms with Crippen LogP contribution in [-0.2, 0) is 16.0 Å². The smallest absolute Gasteiger partial charge is 0.292 e. The fraction of sp³-hybridized carbons (Fsp3) is 0.250. The Bertz CT molecular complexity index is 1200. The summed E-state index contributed by atoms with van der Waals surface area (Å²) in [5.41, 5.74) is 2.44. The van der Waals surface area contributed by atoms with Crippen LogP contribution in [-0.4, -0.2) is 52.7 Å². The number of benzene rings is 2. The summed E-state index contributed by atoms with van der Waals surface area (Å²) in [6, 6.07) is 16.4. The van der Waals surface area contributed by atoms with E-state index in [1.54, 1.807) is 30.5 Å². The third-order valence-electron chi connectivity index (χ3n) is 5.50. The molecule has 0 aliphatic carbocycles. The standard InChI is InChI=1S/C24H24ClN5O3/c1-17(31)27-19-9-7-18(8-10-19)15-22(32)29-13-11-28(12-14-29)21-16-26-30(24(33)23(21)25)20-5-3-2-4-6-20/h2-10,16H,11-15H2,1H3,(H,27,31). The molecule has 0 spiro atoms. The van der Waals surface area contributed by atoms with Crippen LogP contribution in [0, 0.1) is 0 Å². The monoisotopic (exact) mass is 465 g/mol. The molecule has 0 saturated carbocycles. The van der Waals surface area contributed by atoms with Gasteiger partial charge in [0.15, 0.2) is 0 Å². The molecule has 1 saturated heterocycles. The Morgan fingerprint density at radius 2 is 1.67 bits per heavy atom. The van der Waals surface area contributed by atoms with Gasteiger partial charge in [-0.2, -0.15) is 9.78 Å². The van der Waals surface area contributed by atoms with Crippen molar-refractivity contribution in [3.05, 3.63) is 81.7 Å². The van der Waals surface area contributed by atoms with Crippen molar-refractivity contribution in [2.45, 2.75) is 13.3 Å². The third-order valence-corrected chi connectivity index (χ3v) is 5.86. The van der Waals surface area contributed by atoms with Gasteiger partial charge in [0.25, 0.3) is 5.56 Å². The van der Waals surface area contributed by atoms with Crippen molar-refractivity contribution in [2.24, 2.45) is 0 Å². The van der Waals surface area contributed by atoms with Crippen LogP contribution in [0.3, 0.4) is 0 Å². The number of nitrogens with one attached hydrogen (secondary N) is 1. The summed E-state index contributed by atoms with van der Waals surface area (Å²) < 4.78 is 1.28. The summed E-state index contributed by atoms with van der Waals surface area (Å²) in [5, 5.41) is 7.12. The molecule has 0 atom stereocenters. The lowest BCUT2D eigenvalue weighted by Crippen LogP contribution is -2.49. The Kier molecular flexibility index (Phi) is 6.74. The molecule has 1 N–H and O–H groups in total. The number of nitrogens with zero attached hydrogens (tertiary/aromatic N) is 4. The van der Waals surface area contributed by atoms with E-state index in [1.165, 1.54) is 11.6 Å². The molecule has 170 valence electrons. The lowest BCUT2D eigenvalue weighted by atomic mass is 10.1. The maximum absolute atomic E-state index is 12.7. The summed E-state index contributed by atoms with van der Waals surface area (Å²) >= 11 is 6.41. The number of carbonyl (C=O) groups is 2. The lowest BCUT2D eigenvalue weighted by Gasteiger charge is -2.36. The molecule has 0 unspecified atom stereocenters. The second-order valence-electron chi connectivity index (χ2n) is 7.82. The number of para-hydroxylation sites is 1. The highest BCUT2D eigenvalue weighted by Gasteiger charge is 2.24. The van der Waals surface area contributed by atoms with Gasteiger partial charge in [-0.1, -0.05) is 41.9 Å². The molecule has 2 heterocycles. The van der Waals surface area contributed by atoms with Crippen molar-refractivity contribution in [2.75, 3.05) is 36.4 Å². The van der Waals surface area contributed by atoms with Gasteiger partial charge in [-0.15, -0.1) is 0 Å². The zero-order chi connectivity index (χ0) is 23.4. The van der Waals surface area contributed by atoms with Gasteiger partial charge < -0.3 is 15.1 Å². The van der Waals surface area contributed by atoms with Crippen molar-refractivity contribution in [3.63, 3.8) is 0 Å². The fourth-order valence-electron chi connectivity index (χ4n) is 3.79. The number of rotatable bonds is 5. The van der Waals surface area contributed by atoms with Crippen molar-refractivity contribution in [1.82, 2.24) is 14.7 Å². The van der Waals surface area contributed by atoms with E-state index in [-0.39, 0.29) is 28.8 Å². The van der Waals surface area contributed by atoms with Crippen LogP contribution >= 0.6 is 11.6 Å².